The molecule has 1 aromatic heterocycles. The number of halogens is 3. The van der Waals surface area contributed by atoms with Crippen LogP contribution in [-0.4, -0.2) is 33.4 Å². The Balaban J connectivity index is 1.97. The Kier molecular flexibility index (Phi) is 8.12. The Morgan fingerprint density at radius 3 is 2.51 bits per heavy atom. The fourth-order valence-corrected chi connectivity index (χ4v) is 5.22. The molecule has 41 heavy (non-hydrogen) atoms. The number of hydrogen-bond acceptors (Lipinski definition) is 7. The fourth-order valence-electron chi connectivity index (χ4n) is 5.22. The van der Waals surface area contributed by atoms with E-state index in [0.29, 0.717) is 29.5 Å². The van der Waals surface area contributed by atoms with Crippen LogP contribution in [0.3, 0.4) is 0 Å². The normalized spacial score (nSPS) is 15.5. The standard InChI is InChI=1S/C29H31F3N6O3/c1-5-28(34,6-2)13-12-19-14-18(16-33)10-11-22(19)24-23(25(39)41-4)17(3)37(26-35-36-27(40)38(24)26)21-9-7-8-20(15-21)29(30,31)32/h7-11,14-15,24H,5-6,12-13,34H2,1-4H3,(H,36,40)/t24-/m1/s1. The molecule has 0 fully saturated rings. The summed E-state index contributed by atoms with van der Waals surface area (Å²) in [5, 5.41) is 16.1. The zero-order valence-corrected chi connectivity index (χ0v) is 23.2. The SMILES string of the molecule is CCC(N)(CC)CCc1cc(C#N)ccc1[C@@H]1C(C(=O)OC)=C(C)N(c2cccc(C(F)(F)F)c2)c2n[nH]c(=O)n21. The van der Waals surface area contributed by atoms with Gasteiger partial charge in [0.15, 0.2) is 0 Å². The number of hydrogen-bond donors (Lipinski definition) is 2. The molecule has 3 N–H and O–H groups in total. The van der Waals surface area contributed by atoms with Crippen LogP contribution in [0.25, 0.3) is 0 Å². The maximum absolute atomic E-state index is 13.6. The first-order valence-corrected chi connectivity index (χ1v) is 13.1. The van der Waals surface area contributed by atoms with Crippen LogP contribution < -0.4 is 16.3 Å². The van der Waals surface area contributed by atoms with E-state index in [4.69, 9.17) is 10.5 Å². The zero-order chi connectivity index (χ0) is 30.1. The Bertz CT molecular complexity index is 1590. The number of H-pyrrole nitrogens is 1. The number of benzene rings is 2. The van der Waals surface area contributed by atoms with Crippen molar-refractivity contribution in [2.75, 3.05) is 12.0 Å². The molecule has 4 rings (SSSR count). The van der Waals surface area contributed by atoms with Gasteiger partial charge in [0, 0.05) is 16.9 Å². The maximum Gasteiger partial charge on any atom is 0.416 e. The summed E-state index contributed by atoms with van der Waals surface area (Å²) in [6.45, 7) is 5.56. The molecular weight excluding hydrogens is 537 g/mol. The quantitative estimate of drug-likeness (QED) is 0.362. The summed E-state index contributed by atoms with van der Waals surface area (Å²) in [4.78, 5) is 27.9. The Hall–Kier alpha value is -4.37. The van der Waals surface area contributed by atoms with E-state index in [2.05, 4.69) is 16.3 Å². The number of carbonyl (C=O) groups is 1. The van der Waals surface area contributed by atoms with Crippen LogP contribution in [0.4, 0.5) is 24.8 Å². The van der Waals surface area contributed by atoms with Crippen molar-refractivity contribution in [2.45, 2.75) is 64.2 Å². The summed E-state index contributed by atoms with van der Waals surface area (Å²) in [5.74, 6) is -0.774. The highest BCUT2D eigenvalue weighted by molar-refractivity contribution is 5.93. The van der Waals surface area contributed by atoms with E-state index in [1.807, 2.05) is 13.8 Å². The van der Waals surface area contributed by atoms with E-state index in [-0.39, 0.29) is 22.9 Å². The highest BCUT2D eigenvalue weighted by Crippen LogP contribution is 2.44. The van der Waals surface area contributed by atoms with Crippen molar-refractivity contribution in [2.24, 2.45) is 5.73 Å². The van der Waals surface area contributed by atoms with Gasteiger partial charge in [-0.25, -0.2) is 19.3 Å². The minimum atomic E-state index is -4.62. The second-order valence-corrected chi connectivity index (χ2v) is 10.1. The van der Waals surface area contributed by atoms with Crippen LogP contribution in [0.15, 0.2) is 58.5 Å². The van der Waals surface area contributed by atoms with Gasteiger partial charge in [-0.15, -0.1) is 5.10 Å². The molecule has 0 aliphatic carbocycles. The van der Waals surface area contributed by atoms with Crippen molar-refractivity contribution in [1.29, 1.82) is 5.26 Å². The number of nitriles is 1. The number of nitrogens with two attached hydrogens (primary N) is 1. The molecule has 0 unspecified atom stereocenters. The minimum absolute atomic E-state index is 0.00456. The van der Waals surface area contributed by atoms with Gasteiger partial charge >= 0.3 is 17.8 Å². The van der Waals surface area contributed by atoms with E-state index >= 15 is 0 Å². The highest BCUT2D eigenvalue weighted by atomic mass is 19.4. The molecule has 216 valence electrons. The molecule has 2 heterocycles. The van der Waals surface area contributed by atoms with E-state index in [1.54, 1.807) is 25.1 Å². The summed E-state index contributed by atoms with van der Waals surface area (Å²) in [6.07, 6.45) is -2.14. The lowest BCUT2D eigenvalue weighted by Crippen LogP contribution is -2.39. The third-order valence-electron chi connectivity index (χ3n) is 7.85. The smallest absolute Gasteiger partial charge is 0.416 e. The molecule has 2 aromatic carbocycles. The van der Waals surface area contributed by atoms with Gasteiger partial charge in [-0.3, -0.25) is 4.90 Å². The molecule has 1 aliphatic rings. The van der Waals surface area contributed by atoms with Crippen molar-refractivity contribution in [1.82, 2.24) is 14.8 Å². The Labute approximate surface area is 235 Å². The lowest BCUT2D eigenvalue weighted by molar-refractivity contribution is -0.138. The number of nitrogens with zero attached hydrogens (tertiary/aromatic N) is 4. The molecule has 0 saturated carbocycles. The molecule has 9 nitrogen and oxygen atoms in total. The first kappa shape index (κ1) is 29.6. The number of anilines is 2. The molecule has 1 aliphatic heterocycles. The van der Waals surface area contributed by atoms with Gasteiger partial charge in [0.2, 0.25) is 5.95 Å². The van der Waals surface area contributed by atoms with Gasteiger partial charge in [0.1, 0.15) is 6.04 Å². The summed E-state index contributed by atoms with van der Waals surface area (Å²) in [6, 6.07) is 10.6. The summed E-state index contributed by atoms with van der Waals surface area (Å²) in [5.41, 5.74) is 6.49. The number of methoxy groups -OCH3 is 1. The first-order chi connectivity index (χ1) is 19.4. The topological polar surface area (TPSA) is 130 Å². The average molecular weight is 569 g/mol. The molecular formula is C29H31F3N6O3. The zero-order valence-electron chi connectivity index (χ0n) is 23.2. The molecule has 0 bridgehead atoms. The largest absolute Gasteiger partial charge is 0.466 e. The Morgan fingerprint density at radius 2 is 1.90 bits per heavy atom. The number of carbonyl (C=O) groups excluding carboxylic acids is 1. The molecule has 0 amide bonds. The Morgan fingerprint density at radius 1 is 1.20 bits per heavy atom. The van der Waals surface area contributed by atoms with Crippen molar-refractivity contribution in [3.05, 3.63) is 86.5 Å². The van der Waals surface area contributed by atoms with Crippen LogP contribution in [-0.2, 0) is 22.1 Å². The number of aryl methyl sites for hydroxylation is 1. The molecule has 0 radical (unpaired) electrons. The number of allylic oxidation sites excluding steroid dienone is 1. The average Bonchev–Trinajstić information content (AvgIpc) is 3.34. The van der Waals surface area contributed by atoms with Gasteiger partial charge in [0.25, 0.3) is 0 Å². The second-order valence-electron chi connectivity index (χ2n) is 10.1. The molecule has 0 spiro atoms. The van der Waals surface area contributed by atoms with Crippen LogP contribution in [0.2, 0.25) is 0 Å². The van der Waals surface area contributed by atoms with Crippen LogP contribution in [0.5, 0.6) is 0 Å². The third kappa shape index (κ3) is 5.50. The predicted octanol–water partition coefficient (Wildman–Crippen LogP) is 5.10. The lowest BCUT2D eigenvalue weighted by atomic mass is 9.83. The van der Waals surface area contributed by atoms with Crippen molar-refractivity contribution in [3.8, 4) is 6.07 Å². The first-order valence-electron chi connectivity index (χ1n) is 13.1. The monoisotopic (exact) mass is 568 g/mol. The van der Waals surface area contributed by atoms with Gasteiger partial charge in [-0.05, 0) is 74.1 Å². The van der Waals surface area contributed by atoms with E-state index in [9.17, 15) is 28.0 Å². The van der Waals surface area contributed by atoms with E-state index in [1.165, 1.54) is 28.7 Å². The fraction of sp³-hybridized carbons (Fsp3) is 0.379. The minimum Gasteiger partial charge on any atom is -0.466 e. The molecule has 0 saturated heterocycles. The van der Waals surface area contributed by atoms with Crippen molar-refractivity contribution >= 4 is 17.6 Å². The number of fused-ring (bicyclic) bond motifs is 1. The molecule has 12 heteroatoms. The number of ether oxygens (including phenoxy) is 1. The molecule has 3 aromatic rings. The van der Waals surface area contributed by atoms with Gasteiger partial charge in [-0.1, -0.05) is 26.0 Å². The van der Waals surface area contributed by atoms with Gasteiger partial charge in [-0.2, -0.15) is 18.4 Å². The van der Waals surface area contributed by atoms with Crippen molar-refractivity contribution < 1.29 is 22.7 Å². The number of alkyl halides is 3. The van der Waals surface area contributed by atoms with E-state index in [0.717, 1.165) is 25.0 Å². The number of aromatic amines is 1. The summed E-state index contributed by atoms with van der Waals surface area (Å²) >= 11 is 0. The summed E-state index contributed by atoms with van der Waals surface area (Å²) in [7, 11) is 1.19. The molecule has 1 atom stereocenters. The highest BCUT2D eigenvalue weighted by Gasteiger charge is 2.41. The number of esters is 1. The maximum atomic E-state index is 13.6. The summed E-state index contributed by atoms with van der Waals surface area (Å²) < 4.78 is 47.1. The van der Waals surface area contributed by atoms with Crippen LogP contribution in [0, 0.1) is 11.3 Å². The number of aromatic nitrogens is 3. The third-order valence-corrected chi connectivity index (χ3v) is 7.85. The van der Waals surface area contributed by atoms with Gasteiger partial charge < -0.3 is 10.5 Å². The van der Waals surface area contributed by atoms with E-state index < -0.39 is 35.0 Å². The number of nitrogens with one attached hydrogen (secondary N) is 1. The van der Waals surface area contributed by atoms with Gasteiger partial charge in [0.05, 0.1) is 29.9 Å². The van der Waals surface area contributed by atoms with Crippen LogP contribution in [0.1, 0.15) is 68.3 Å². The lowest BCUT2D eigenvalue weighted by Gasteiger charge is -2.36. The number of rotatable bonds is 8. The predicted molar refractivity (Wildman–Crippen MR) is 146 cm³/mol. The second kappa shape index (κ2) is 11.2. The van der Waals surface area contributed by atoms with Crippen molar-refractivity contribution in [3.63, 3.8) is 0 Å². The van der Waals surface area contributed by atoms with Crippen LogP contribution >= 0.6 is 0 Å².